The van der Waals surface area contributed by atoms with Crippen molar-refractivity contribution in [2.24, 2.45) is 0 Å². The Morgan fingerprint density at radius 3 is 2.65 bits per heavy atom. The zero-order valence-corrected chi connectivity index (χ0v) is 13.4. The molecule has 2 aromatic rings. The number of nitrogens with zero attached hydrogens (tertiary/aromatic N) is 2. The average Bonchev–Trinajstić information content (AvgIpc) is 3.07. The number of imidazole rings is 1. The van der Waals surface area contributed by atoms with Gasteiger partial charge in [0.15, 0.2) is 5.69 Å². The Kier molecular flexibility index (Phi) is 4.95. The Balaban J connectivity index is 1.54. The van der Waals surface area contributed by atoms with E-state index in [0.717, 1.165) is 31.4 Å². The van der Waals surface area contributed by atoms with E-state index >= 15 is 0 Å². The maximum atomic E-state index is 11.7. The van der Waals surface area contributed by atoms with Crippen molar-refractivity contribution in [1.29, 1.82) is 0 Å². The molecule has 23 heavy (non-hydrogen) atoms. The number of carbonyl (C=O) groups is 1. The van der Waals surface area contributed by atoms with Crippen molar-refractivity contribution in [2.75, 3.05) is 6.61 Å². The highest BCUT2D eigenvalue weighted by molar-refractivity contribution is 5.86. The van der Waals surface area contributed by atoms with E-state index in [1.54, 1.807) is 19.4 Å². The molecule has 5 nitrogen and oxygen atoms in total. The monoisotopic (exact) mass is 314 g/mol. The van der Waals surface area contributed by atoms with Crippen molar-refractivity contribution in [1.82, 2.24) is 9.55 Å². The molecule has 0 amide bonds. The van der Waals surface area contributed by atoms with Gasteiger partial charge in [0, 0.05) is 12.2 Å². The van der Waals surface area contributed by atoms with Crippen molar-refractivity contribution in [3.8, 4) is 5.75 Å². The fraction of sp³-hybridized carbons (Fsp3) is 0.444. The van der Waals surface area contributed by atoms with Gasteiger partial charge in [0.1, 0.15) is 5.75 Å². The first-order chi connectivity index (χ1) is 11.3. The van der Waals surface area contributed by atoms with Crippen molar-refractivity contribution < 1.29 is 14.3 Å². The smallest absolute Gasteiger partial charge is 0.358 e. The number of hydrogen-bond acceptors (Lipinski definition) is 4. The number of aromatic nitrogens is 2. The summed E-state index contributed by atoms with van der Waals surface area (Å²) in [6.07, 6.45) is 7.85. The summed E-state index contributed by atoms with van der Waals surface area (Å²) in [4.78, 5) is 15.8. The van der Waals surface area contributed by atoms with Crippen LogP contribution in [0.3, 0.4) is 0 Å². The highest BCUT2D eigenvalue weighted by atomic mass is 16.5. The lowest BCUT2D eigenvalue weighted by Gasteiger charge is -2.29. The fourth-order valence-corrected chi connectivity index (χ4v) is 3.00. The predicted octanol–water partition coefficient (Wildman–Crippen LogP) is 3.62. The first-order valence-corrected chi connectivity index (χ1v) is 8.18. The number of hydrogen-bond donors (Lipinski definition) is 0. The van der Waals surface area contributed by atoms with E-state index in [-0.39, 0.29) is 12.1 Å². The Bertz CT molecular complexity index is 631. The average molecular weight is 314 g/mol. The number of esters is 1. The normalized spacial score (nSPS) is 20.9. The van der Waals surface area contributed by atoms with Crippen LogP contribution >= 0.6 is 0 Å². The molecule has 0 unspecified atom stereocenters. The van der Waals surface area contributed by atoms with E-state index in [4.69, 9.17) is 9.47 Å². The van der Waals surface area contributed by atoms with Crippen LogP contribution < -0.4 is 4.74 Å². The van der Waals surface area contributed by atoms with Gasteiger partial charge < -0.3 is 14.0 Å². The molecule has 0 N–H and O–H groups in total. The second-order valence-corrected chi connectivity index (χ2v) is 5.79. The molecule has 1 fully saturated rings. The molecule has 1 heterocycles. The van der Waals surface area contributed by atoms with E-state index in [1.165, 1.54) is 0 Å². The fourth-order valence-electron chi connectivity index (χ4n) is 3.00. The standard InChI is InChI=1S/C18H22N2O3/c1-2-22-18(21)17-12-20(13-19-17)14-8-10-16(11-9-14)23-15-6-4-3-5-7-15/h3-7,12-14,16H,2,8-11H2,1H3. The van der Waals surface area contributed by atoms with Gasteiger partial charge in [-0.3, -0.25) is 0 Å². The molecule has 0 spiro atoms. The topological polar surface area (TPSA) is 53.4 Å². The maximum absolute atomic E-state index is 11.7. The third kappa shape index (κ3) is 3.92. The number of benzene rings is 1. The number of para-hydroxylation sites is 1. The summed E-state index contributed by atoms with van der Waals surface area (Å²) in [6, 6.07) is 10.3. The number of carbonyl (C=O) groups excluding carboxylic acids is 1. The van der Waals surface area contributed by atoms with Crippen molar-refractivity contribution in [3.05, 3.63) is 48.5 Å². The van der Waals surface area contributed by atoms with E-state index in [9.17, 15) is 4.79 Å². The summed E-state index contributed by atoms with van der Waals surface area (Å²) < 4.78 is 13.0. The number of ether oxygens (including phenoxy) is 2. The molecular formula is C18H22N2O3. The summed E-state index contributed by atoms with van der Waals surface area (Å²) in [5, 5.41) is 0. The lowest BCUT2D eigenvalue weighted by molar-refractivity contribution is 0.0519. The van der Waals surface area contributed by atoms with E-state index in [1.807, 2.05) is 34.9 Å². The Labute approximate surface area is 136 Å². The highest BCUT2D eigenvalue weighted by Gasteiger charge is 2.24. The van der Waals surface area contributed by atoms with Crippen LogP contribution in [0.2, 0.25) is 0 Å². The number of rotatable bonds is 5. The molecule has 1 aliphatic rings. The second-order valence-electron chi connectivity index (χ2n) is 5.79. The van der Waals surface area contributed by atoms with Crippen molar-refractivity contribution in [2.45, 2.75) is 44.8 Å². The largest absolute Gasteiger partial charge is 0.490 e. The molecule has 1 aromatic heterocycles. The lowest BCUT2D eigenvalue weighted by atomic mass is 9.93. The van der Waals surface area contributed by atoms with Crippen LogP contribution in [0, 0.1) is 0 Å². The second kappa shape index (κ2) is 7.31. The molecule has 0 radical (unpaired) electrons. The van der Waals surface area contributed by atoms with E-state index < -0.39 is 0 Å². The first kappa shape index (κ1) is 15.6. The molecule has 3 rings (SSSR count). The van der Waals surface area contributed by atoms with Gasteiger partial charge in [0.2, 0.25) is 0 Å². The Morgan fingerprint density at radius 1 is 1.22 bits per heavy atom. The lowest BCUT2D eigenvalue weighted by Crippen LogP contribution is -2.25. The Morgan fingerprint density at radius 2 is 1.96 bits per heavy atom. The summed E-state index contributed by atoms with van der Waals surface area (Å²) in [5.74, 6) is 0.579. The van der Waals surface area contributed by atoms with Gasteiger partial charge in [-0.25, -0.2) is 9.78 Å². The van der Waals surface area contributed by atoms with Gasteiger partial charge in [0.25, 0.3) is 0 Å². The van der Waals surface area contributed by atoms with Crippen LogP contribution in [0.15, 0.2) is 42.9 Å². The zero-order valence-electron chi connectivity index (χ0n) is 13.4. The van der Waals surface area contributed by atoms with Gasteiger partial charge in [0.05, 0.1) is 19.0 Å². The van der Waals surface area contributed by atoms with Crippen molar-refractivity contribution >= 4 is 5.97 Å². The minimum Gasteiger partial charge on any atom is -0.490 e. The van der Waals surface area contributed by atoms with Crippen LogP contribution in [0.5, 0.6) is 5.75 Å². The van der Waals surface area contributed by atoms with E-state index in [0.29, 0.717) is 18.3 Å². The summed E-state index contributed by atoms with van der Waals surface area (Å²) in [7, 11) is 0. The predicted molar refractivity (Wildman–Crippen MR) is 86.5 cm³/mol. The SMILES string of the molecule is CCOC(=O)c1cn(C2CCC(Oc3ccccc3)CC2)cn1. The highest BCUT2D eigenvalue weighted by Crippen LogP contribution is 2.31. The van der Waals surface area contributed by atoms with Gasteiger partial charge >= 0.3 is 5.97 Å². The van der Waals surface area contributed by atoms with Crippen LogP contribution in [0.4, 0.5) is 0 Å². The molecular weight excluding hydrogens is 292 g/mol. The van der Waals surface area contributed by atoms with Gasteiger partial charge in [-0.05, 0) is 44.7 Å². The van der Waals surface area contributed by atoms with Gasteiger partial charge in [-0.1, -0.05) is 18.2 Å². The van der Waals surface area contributed by atoms with Gasteiger partial charge in [-0.15, -0.1) is 0 Å². The molecule has 1 aromatic carbocycles. The molecule has 0 saturated heterocycles. The minimum atomic E-state index is -0.354. The zero-order chi connectivity index (χ0) is 16.1. The first-order valence-electron chi connectivity index (χ1n) is 8.18. The minimum absolute atomic E-state index is 0.265. The molecule has 5 heteroatoms. The third-order valence-corrected chi connectivity index (χ3v) is 4.20. The van der Waals surface area contributed by atoms with Crippen molar-refractivity contribution in [3.63, 3.8) is 0 Å². The quantitative estimate of drug-likeness (QED) is 0.791. The Hall–Kier alpha value is -2.30. The third-order valence-electron chi connectivity index (χ3n) is 4.20. The molecule has 1 aliphatic carbocycles. The van der Waals surface area contributed by atoms with Crippen LogP contribution in [0.1, 0.15) is 49.1 Å². The molecule has 0 aliphatic heterocycles. The van der Waals surface area contributed by atoms with Gasteiger partial charge in [-0.2, -0.15) is 0 Å². The molecule has 0 atom stereocenters. The van der Waals surface area contributed by atoms with Crippen LogP contribution in [-0.2, 0) is 4.74 Å². The summed E-state index contributed by atoms with van der Waals surface area (Å²) in [5.41, 5.74) is 0.384. The van der Waals surface area contributed by atoms with E-state index in [2.05, 4.69) is 4.98 Å². The maximum Gasteiger partial charge on any atom is 0.358 e. The summed E-state index contributed by atoms with van der Waals surface area (Å²) in [6.45, 7) is 2.16. The molecule has 1 saturated carbocycles. The van der Waals surface area contributed by atoms with Crippen LogP contribution in [-0.4, -0.2) is 28.2 Å². The summed E-state index contributed by atoms with van der Waals surface area (Å²) >= 11 is 0. The molecule has 0 bridgehead atoms. The van der Waals surface area contributed by atoms with Crippen LogP contribution in [0.25, 0.3) is 0 Å². The molecule has 122 valence electrons.